The molecule has 0 amide bonds. The lowest BCUT2D eigenvalue weighted by atomic mass is 10.0. The maximum absolute atomic E-state index is 4.34. The molecule has 1 aliphatic rings. The first-order chi connectivity index (χ1) is 7.29. The van der Waals surface area contributed by atoms with Crippen LogP contribution in [0.2, 0.25) is 0 Å². The highest BCUT2D eigenvalue weighted by Crippen LogP contribution is 2.47. The van der Waals surface area contributed by atoms with Crippen LogP contribution in [0.5, 0.6) is 0 Å². The molecule has 4 nitrogen and oxygen atoms in total. The second kappa shape index (κ2) is 4.31. The van der Waals surface area contributed by atoms with E-state index < -0.39 is 0 Å². The van der Waals surface area contributed by atoms with Gasteiger partial charge in [-0.25, -0.2) is 4.98 Å². The van der Waals surface area contributed by atoms with E-state index in [1.165, 1.54) is 12.8 Å². The summed E-state index contributed by atoms with van der Waals surface area (Å²) in [4.78, 5) is 4.34. The van der Waals surface area contributed by atoms with E-state index in [2.05, 4.69) is 29.2 Å². The molecule has 0 atom stereocenters. The summed E-state index contributed by atoms with van der Waals surface area (Å²) in [6.45, 7) is 7.38. The van der Waals surface area contributed by atoms with Gasteiger partial charge >= 0.3 is 0 Å². The number of hydrogen-bond donors (Lipinski definition) is 1. The van der Waals surface area contributed by atoms with Gasteiger partial charge in [-0.3, -0.25) is 4.68 Å². The van der Waals surface area contributed by atoms with Crippen LogP contribution in [-0.4, -0.2) is 27.9 Å². The van der Waals surface area contributed by atoms with Gasteiger partial charge in [0, 0.05) is 19.5 Å². The Bertz CT molecular complexity index is 314. The van der Waals surface area contributed by atoms with Gasteiger partial charge in [-0.05, 0) is 31.7 Å². The summed E-state index contributed by atoms with van der Waals surface area (Å²) in [7, 11) is 0. The van der Waals surface area contributed by atoms with Gasteiger partial charge in [0.15, 0.2) is 0 Å². The maximum Gasteiger partial charge on any atom is 0.138 e. The molecular formula is C11H20N4. The Labute approximate surface area is 91.1 Å². The molecule has 1 N–H and O–H groups in total. The highest BCUT2D eigenvalue weighted by molar-refractivity contribution is 5.03. The first-order valence-electron chi connectivity index (χ1n) is 5.87. The Kier molecular flexibility index (Phi) is 3.05. The molecular weight excluding hydrogens is 188 g/mol. The van der Waals surface area contributed by atoms with E-state index in [0.29, 0.717) is 5.41 Å². The monoisotopic (exact) mass is 208 g/mol. The predicted octanol–water partition coefficient (Wildman–Crippen LogP) is 1.23. The molecule has 0 radical (unpaired) electrons. The summed E-state index contributed by atoms with van der Waals surface area (Å²) < 4.78 is 2.01. The zero-order valence-corrected chi connectivity index (χ0v) is 9.66. The Morgan fingerprint density at radius 2 is 2.27 bits per heavy atom. The van der Waals surface area contributed by atoms with E-state index >= 15 is 0 Å². The molecule has 0 aliphatic heterocycles. The molecule has 1 saturated carbocycles. The molecule has 4 heteroatoms. The van der Waals surface area contributed by atoms with Crippen LogP contribution in [0.25, 0.3) is 0 Å². The third-order valence-electron chi connectivity index (χ3n) is 3.24. The lowest BCUT2D eigenvalue weighted by Crippen LogP contribution is -2.26. The Morgan fingerprint density at radius 1 is 1.47 bits per heavy atom. The van der Waals surface area contributed by atoms with E-state index in [4.69, 9.17) is 0 Å². The molecule has 15 heavy (non-hydrogen) atoms. The average molecular weight is 208 g/mol. The summed E-state index contributed by atoms with van der Waals surface area (Å²) in [6, 6.07) is 0. The molecule has 84 valence electrons. The second-order valence-electron chi connectivity index (χ2n) is 4.45. The largest absolute Gasteiger partial charge is 0.316 e. The summed E-state index contributed by atoms with van der Waals surface area (Å²) in [5, 5.41) is 7.66. The normalized spacial score (nSPS) is 18.0. The van der Waals surface area contributed by atoms with Crippen LogP contribution in [0.4, 0.5) is 0 Å². The van der Waals surface area contributed by atoms with Crippen LogP contribution in [0.3, 0.4) is 0 Å². The van der Waals surface area contributed by atoms with Crippen LogP contribution < -0.4 is 5.32 Å². The quantitative estimate of drug-likeness (QED) is 0.764. The van der Waals surface area contributed by atoms with Crippen molar-refractivity contribution in [2.45, 2.75) is 39.7 Å². The average Bonchev–Trinajstić information content (AvgIpc) is 2.86. The van der Waals surface area contributed by atoms with Crippen LogP contribution in [0.1, 0.15) is 32.5 Å². The first kappa shape index (κ1) is 10.6. The summed E-state index contributed by atoms with van der Waals surface area (Å²) in [5.41, 5.74) is 0.482. The zero-order valence-electron chi connectivity index (χ0n) is 9.66. The third-order valence-corrected chi connectivity index (χ3v) is 3.24. The van der Waals surface area contributed by atoms with Gasteiger partial charge in [0.25, 0.3) is 0 Å². The molecule has 1 aromatic heterocycles. The number of aromatic nitrogens is 3. The molecule has 0 spiro atoms. The number of rotatable bonds is 6. The van der Waals surface area contributed by atoms with E-state index in [-0.39, 0.29) is 0 Å². The van der Waals surface area contributed by atoms with Crippen molar-refractivity contribution in [2.24, 2.45) is 5.41 Å². The van der Waals surface area contributed by atoms with Gasteiger partial charge in [-0.1, -0.05) is 6.92 Å². The maximum atomic E-state index is 4.34. The van der Waals surface area contributed by atoms with E-state index in [1.807, 2.05) is 4.68 Å². The lowest BCUT2D eigenvalue weighted by Gasteiger charge is -2.14. The number of hydrogen-bond acceptors (Lipinski definition) is 3. The molecule has 1 aromatic rings. The van der Waals surface area contributed by atoms with Gasteiger partial charge in [0.05, 0.1) is 0 Å². The SMILES string of the molecule is CCNCC1(Cc2ncnn2CC)CC1. The lowest BCUT2D eigenvalue weighted by molar-refractivity contribution is 0.437. The van der Waals surface area contributed by atoms with Crippen molar-refractivity contribution in [3.05, 3.63) is 12.2 Å². The third kappa shape index (κ3) is 2.37. The highest BCUT2D eigenvalue weighted by atomic mass is 15.3. The fourth-order valence-corrected chi connectivity index (χ4v) is 2.01. The highest BCUT2D eigenvalue weighted by Gasteiger charge is 2.43. The van der Waals surface area contributed by atoms with Crippen molar-refractivity contribution in [1.82, 2.24) is 20.1 Å². The van der Waals surface area contributed by atoms with Crippen molar-refractivity contribution >= 4 is 0 Å². The molecule has 1 fully saturated rings. The van der Waals surface area contributed by atoms with Gasteiger partial charge < -0.3 is 5.32 Å². The van der Waals surface area contributed by atoms with Crippen molar-refractivity contribution in [1.29, 1.82) is 0 Å². The van der Waals surface area contributed by atoms with Crippen molar-refractivity contribution in [2.75, 3.05) is 13.1 Å². The van der Waals surface area contributed by atoms with Gasteiger partial charge in [0.2, 0.25) is 0 Å². The standard InChI is InChI=1S/C11H20N4/c1-3-12-8-11(5-6-11)7-10-13-9-14-15(10)4-2/h9,12H,3-8H2,1-2H3. The Balaban J connectivity index is 1.96. The fourth-order valence-electron chi connectivity index (χ4n) is 2.01. The Hall–Kier alpha value is -0.900. The van der Waals surface area contributed by atoms with Gasteiger partial charge in [-0.2, -0.15) is 5.10 Å². The second-order valence-corrected chi connectivity index (χ2v) is 4.45. The minimum atomic E-state index is 0.482. The van der Waals surface area contributed by atoms with E-state index in [9.17, 15) is 0 Å². The van der Waals surface area contributed by atoms with Crippen molar-refractivity contribution in [3.8, 4) is 0 Å². The minimum Gasteiger partial charge on any atom is -0.316 e. The van der Waals surface area contributed by atoms with Gasteiger partial charge in [0.1, 0.15) is 12.2 Å². The predicted molar refractivity (Wildman–Crippen MR) is 59.6 cm³/mol. The first-order valence-corrected chi connectivity index (χ1v) is 5.87. The van der Waals surface area contributed by atoms with Crippen LogP contribution >= 0.6 is 0 Å². The van der Waals surface area contributed by atoms with Gasteiger partial charge in [-0.15, -0.1) is 0 Å². The number of aryl methyl sites for hydroxylation is 1. The van der Waals surface area contributed by atoms with Crippen LogP contribution in [-0.2, 0) is 13.0 Å². The molecule has 2 rings (SSSR count). The molecule has 0 unspecified atom stereocenters. The molecule has 0 saturated heterocycles. The van der Waals surface area contributed by atoms with E-state index in [1.54, 1.807) is 6.33 Å². The molecule has 0 bridgehead atoms. The van der Waals surface area contributed by atoms with Crippen LogP contribution in [0.15, 0.2) is 6.33 Å². The fraction of sp³-hybridized carbons (Fsp3) is 0.818. The van der Waals surface area contributed by atoms with Crippen molar-refractivity contribution in [3.63, 3.8) is 0 Å². The number of nitrogens with zero attached hydrogens (tertiary/aromatic N) is 3. The van der Waals surface area contributed by atoms with Crippen molar-refractivity contribution < 1.29 is 0 Å². The summed E-state index contributed by atoms with van der Waals surface area (Å²) in [5.74, 6) is 1.15. The zero-order chi connectivity index (χ0) is 10.7. The summed E-state index contributed by atoms with van der Waals surface area (Å²) >= 11 is 0. The summed E-state index contributed by atoms with van der Waals surface area (Å²) in [6.07, 6.45) is 5.41. The Morgan fingerprint density at radius 3 is 2.87 bits per heavy atom. The minimum absolute atomic E-state index is 0.482. The molecule has 1 heterocycles. The number of nitrogens with one attached hydrogen (secondary N) is 1. The topological polar surface area (TPSA) is 42.7 Å². The molecule has 0 aromatic carbocycles. The van der Waals surface area contributed by atoms with E-state index in [0.717, 1.165) is 31.9 Å². The van der Waals surface area contributed by atoms with Crippen LogP contribution in [0, 0.1) is 5.41 Å². The smallest absolute Gasteiger partial charge is 0.138 e. The molecule has 1 aliphatic carbocycles.